The van der Waals surface area contributed by atoms with Crippen molar-refractivity contribution in [1.82, 2.24) is 4.98 Å². The van der Waals surface area contributed by atoms with Gasteiger partial charge < -0.3 is 4.42 Å². The average Bonchev–Trinajstić information content (AvgIpc) is 3.68. The summed E-state index contributed by atoms with van der Waals surface area (Å²) in [5.41, 5.74) is 10.0. The molecule has 53 heavy (non-hydrogen) atoms. The normalized spacial score (nSPS) is 11.8. The monoisotopic (exact) mass is 673 g/mol. The van der Waals surface area contributed by atoms with E-state index in [1.54, 1.807) is 0 Å². The second-order valence-corrected chi connectivity index (χ2v) is 13.9. The van der Waals surface area contributed by atoms with Crippen LogP contribution in [0.25, 0.3) is 110 Å². The van der Waals surface area contributed by atoms with Gasteiger partial charge in [0.05, 0.1) is 0 Å². The van der Waals surface area contributed by atoms with Crippen molar-refractivity contribution in [1.29, 1.82) is 0 Å². The number of nitrogens with zero attached hydrogens (tertiary/aromatic N) is 1. The van der Waals surface area contributed by atoms with Crippen molar-refractivity contribution >= 4 is 65.0 Å². The SMILES string of the molecule is c1ccc(-c2nc3ccc4ccc5cc(-c6c7ccccc7c(-c7ccc(-c8ccc9ccccc9c8)cc7)c7ccccc67)ccc5c4c3o2)cc1. The van der Waals surface area contributed by atoms with Crippen molar-refractivity contribution in [2.75, 3.05) is 0 Å². The highest BCUT2D eigenvalue weighted by atomic mass is 16.3. The molecule has 0 aliphatic heterocycles. The zero-order valence-corrected chi connectivity index (χ0v) is 28.8. The highest BCUT2D eigenvalue weighted by Gasteiger charge is 2.18. The van der Waals surface area contributed by atoms with Gasteiger partial charge in [-0.3, -0.25) is 0 Å². The largest absolute Gasteiger partial charge is 0.435 e. The lowest BCUT2D eigenvalue weighted by molar-refractivity contribution is 0.623. The van der Waals surface area contributed by atoms with E-state index in [9.17, 15) is 0 Å². The molecule has 11 rings (SSSR count). The predicted molar refractivity (Wildman–Crippen MR) is 223 cm³/mol. The molecule has 11 aromatic rings. The third-order valence-electron chi connectivity index (χ3n) is 10.9. The van der Waals surface area contributed by atoms with Crippen molar-refractivity contribution in [2.24, 2.45) is 0 Å². The van der Waals surface area contributed by atoms with E-state index in [0.29, 0.717) is 5.89 Å². The number of fused-ring (bicyclic) bond motifs is 8. The minimum Gasteiger partial charge on any atom is -0.435 e. The molecule has 1 heterocycles. The molecule has 2 heteroatoms. The van der Waals surface area contributed by atoms with E-state index in [4.69, 9.17) is 9.40 Å². The molecule has 0 atom stereocenters. The molecule has 1 aromatic heterocycles. The van der Waals surface area contributed by atoms with Gasteiger partial charge in [-0.1, -0.05) is 158 Å². The summed E-state index contributed by atoms with van der Waals surface area (Å²) in [5, 5.41) is 12.0. The number of rotatable bonds is 4. The molecule has 0 unspecified atom stereocenters. The van der Waals surface area contributed by atoms with Gasteiger partial charge >= 0.3 is 0 Å². The molecule has 0 saturated carbocycles. The lowest BCUT2D eigenvalue weighted by Crippen LogP contribution is -1.91. The predicted octanol–water partition coefficient (Wildman–Crippen LogP) is 14.3. The van der Waals surface area contributed by atoms with Crippen LogP contribution in [0.4, 0.5) is 0 Å². The van der Waals surface area contributed by atoms with Gasteiger partial charge in [-0.2, -0.15) is 0 Å². The van der Waals surface area contributed by atoms with E-state index >= 15 is 0 Å². The molecule has 0 saturated heterocycles. The number of aromatic nitrogens is 1. The van der Waals surface area contributed by atoms with Crippen LogP contribution in [0.3, 0.4) is 0 Å². The zero-order chi connectivity index (χ0) is 34.9. The first-order valence-electron chi connectivity index (χ1n) is 18.1. The van der Waals surface area contributed by atoms with Crippen LogP contribution < -0.4 is 0 Å². The number of benzene rings is 10. The zero-order valence-electron chi connectivity index (χ0n) is 28.8. The van der Waals surface area contributed by atoms with Gasteiger partial charge in [0.2, 0.25) is 5.89 Å². The summed E-state index contributed by atoms with van der Waals surface area (Å²) >= 11 is 0. The molecule has 0 bridgehead atoms. The molecule has 0 spiro atoms. The minimum absolute atomic E-state index is 0.642. The summed E-state index contributed by atoms with van der Waals surface area (Å²) in [6.07, 6.45) is 0. The van der Waals surface area contributed by atoms with E-state index in [1.165, 1.54) is 71.1 Å². The maximum absolute atomic E-state index is 6.50. The van der Waals surface area contributed by atoms with Crippen molar-refractivity contribution in [3.8, 4) is 44.8 Å². The maximum Gasteiger partial charge on any atom is 0.227 e. The number of oxazole rings is 1. The second-order valence-electron chi connectivity index (χ2n) is 13.9. The molecule has 10 aromatic carbocycles. The first-order chi connectivity index (χ1) is 26.3. The molecule has 246 valence electrons. The minimum atomic E-state index is 0.642. The van der Waals surface area contributed by atoms with Crippen LogP contribution in [-0.4, -0.2) is 4.98 Å². The molecule has 0 aliphatic rings. The lowest BCUT2D eigenvalue weighted by atomic mass is 9.85. The third-order valence-corrected chi connectivity index (χ3v) is 10.9. The quantitative estimate of drug-likeness (QED) is 0.137. The fourth-order valence-corrected chi connectivity index (χ4v) is 8.34. The highest BCUT2D eigenvalue weighted by Crippen LogP contribution is 2.45. The van der Waals surface area contributed by atoms with Crippen LogP contribution in [0.2, 0.25) is 0 Å². The van der Waals surface area contributed by atoms with Crippen molar-refractivity contribution in [2.45, 2.75) is 0 Å². The molecule has 0 aliphatic carbocycles. The number of hydrogen-bond donors (Lipinski definition) is 0. The summed E-state index contributed by atoms with van der Waals surface area (Å²) in [5.74, 6) is 0.642. The van der Waals surface area contributed by atoms with Gasteiger partial charge in [0.25, 0.3) is 0 Å². The van der Waals surface area contributed by atoms with E-state index in [-0.39, 0.29) is 0 Å². The van der Waals surface area contributed by atoms with Gasteiger partial charge in [0.15, 0.2) is 5.58 Å². The standard InChI is InChI=1S/C51H31NO/c1-2-11-36(12-3-1)51-52-46-29-27-35-23-25-39-31-40(26-28-41(39)49(35)50(46)53-51)48-44-16-8-6-14-42(44)47(43-15-7-9-17-45(43)48)34-21-18-33(19-22-34)38-24-20-32-10-4-5-13-37(32)30-38/h1-31H. The van der Waals surface area contributed by atoms with E-state index in [1.807, 2.05) is 30.3 Å². The van der Waals surface area contributed by atoms with Crippen molar-refractivity contribution in [3.05, 3.63) is 188 Å². The lowest BCUT2D eigenvalue weighted by Gasteiger charge is -2.18. The molecule has 2 nitrogen and oxygen atoms in total. The third kappa shape index (κ3) is 4.77. The maximum atomic E-state index is 6.50. The van der Waals surface area contributed by atoms with Gasteiger partial charge in [-0.05, 0) is 112 Å². The van der Waals surface area contributed by atoms with E-state index in [2.05, 4.69) is 158 Å². The molecule has 0 N–H and O–H groups in total. The topological polar surface area (TPSA) is 26.0 Å². The summed E-state index contributed by atoms with van der Waals surface area (Å²) in [6, 6.07) is 67.7. The van der Waals surface area contributed by atoms with Gasteiger partial charge in [-0.25, -0.2) is 4.98 Å². The summed E-state index contributed by atoms with van der Waals surface area (Å²) < 4.78 is 6.50. The Morgan fingerprint density at radius 1 is 0.321 bits per heavy atom. The number of hydrogen-bond acceptors (Lipinski definition) is 2. The Bertz CT molecular complexity index is 3150. The van der Waals surface area contributed by atoms with Crippen LogP contribution >= 0.6 is 0 Å². The van der Waals surface area contributed by atoms with Crippen LogP contribution in [0.5, 0.6) is 0 Å². The van der Waals surface area contributed by atoms with Crippen LogP contribution in [0.1, 0.15) is 0 Å². The highest BCUT2D eigenvalue weighted by molar-refractivity contribution is 6.23. The van der Waals surface area contributed by atoms with Crippen molar-refractivity contribution in [3.63, 3.8) is 0 Å². The van der Waals surface area contributed by atoms with Gasteiger partial charge in [0, 0.05) is 10.9 Å². The molecular weight excluding hydrogens is 643 g/mol. The summed E-state index contributed by atoms with van der Waals surface area (Å²) in [6.45, 7) is 0. The van der Waals surface area contributed by atoms with Gasteiger partial charge in [0.1, 0.15) is 5.52 Å². The Morgan fingerprint density at radius 2 is 0.849 bits per heavy atom. The first kappa shape index (κ1) is 29.7. The average molecular weight is 674 g/mol. The van der Waals surface area contributed by atoms with Crippen LogP contribution in [0.15, 0.2) is 192 Å². The van der Waals surface area contributed by atoms with Crippen molar-refractivity contribution < 1.29 is 4.42 Å². The molecular formula is C51H31NO. The Hall–Kier alpha value is -7.03. The van der Waals surface area contributed by atoms with Crippen LogP contribution in [0, 0.1) is 0 Å². The second kappa shape index (κ2) is 11.8. The first-order valence-corrected chi connectivity index (χ1v) is 18.1. The summed E-state index contributed by atoms with van der Waals surface area (Å²) in [4.78, 5) is 4.87. The van der Waals surface area contributed by atoms with E-state index < -0.39 is 0 Å². The Balaban J connectivity index is 1.08. The molecule has 0 amide bonds. The fourth-order valence-electron chi connectivity index (χ4n) is 8.34. The van der Waals surface area contributed by atoms with Gasteiger partial charge in [-0.15, -0.1) is 0 Å². The van der Waals surface area contributed by atoms with E-state index in [0.717, 1.165) is 32.8 Å². The molecule has 0 radical (unpaired) electrons. The fraction of sp³-hybridized carbons (Fsp3) is 0. The smallest absolute Gasteiger partial charge is 0.227 e. The Morgan fingerprint density at radius 3 is 1.58 bits per heavy atom. The Kier molecular flexibility index (Phi) is 6.59. The van der Waals surface area contributed by atoms with Crippen LogP contribution in [-0.2, 0) is 0 Å². The Labute approximate surface area is 306 Å². The summed E-state index contributed by atoms with van der Waals surface area (Å²) in [7, 11) is 0. The molecule has 0 fully saturated rings.